The first-order valence-corrected chi connectivity index (χ1v) is 3.18. The molecule has 0 saturated carbocycles. The highest BCUT2D eigenvalue weighted by molar-refractivity contribution is 5.69. The molecule has 0 radical (unpaired) electrons. The first kappa shape index (κ1) is 8.45. The van der Waals surface area contributed by atoms with Gasteiger partial charge in [-0.05, 0) is 11.6 Å². The Hall–Kier alpha value is -1.65. The molecule has 0 bridgehead atoms. The van der Waals surface area contributed by atoms with Gasteiger partial charge in [0.05, 0.1) is 6.42 Å². The Labute approximate surface area is 66.7 Å². The Morgan fingerprint density at radius 1 is 1.58 bits per heavy atom. The molecule has 2 N–H and O–H groups in total. The van der Waals surface area contributed by atoms with Crippen LogP contribution < -0.4 is 5.56 Å². The summed E-state index contributed by atoms with van der Waals surface area (Å²) in [6.45, 7) is 0. The van der Waals surface area contributed by atoms with Gasteiger partial charge in [-0.3, -0.25) is 14.6 Å². The summed E-state index contributed by atoms with van der Waals surface area (Å²) < 4.78 is 12.4. The van der Waals surface area contributed by atoms with Crippen molar-refractivity contribution in [2.75, 3.05) is 0 Å². The monoisotopic (exact) mass is 171 g/mol. The molecule has 0 aliphatic heterocycles. The van der Waals surface area contributed by atoms with Crippen molar-refractivity contribution in [3.8, 4) is 0 Å². The molecule has 0 atom stereocenters. The van der Waals surface area contributed by atoms with Gasteiger partial charge in [0.2, 0.25) is 5.56 Å². The maximum atomic E-state index is 12.4. The highest BCUT2D eigenvalue weighted by Gasteiger charge is 2.02. The van der Waals surface area contributed by atoms with Crippen molar-refractivity contribution in [3.63, 3.8) is 0 Å². The van der Waals surface area contributed by atoms with E-state index in [0.717, 1.165) is 12.1 Å². The maximum Gasteiger partial charge on any atom is 0.307 e. The largest absolute Gasteiger partial charge is 0.481 e. The molecular formula is C7H6FNO3. The van der Waals surface area contributed by atoms with E-state index in [0.29, 0.717) is 0 Å². The molecule has 64 valence electrons. The van der Waals surface area contributed by atoms with Crippen LogP contribution in [0.3, 0.4) is 0 Å². The number of hydrogen-bond donors (Lipinski definition) is 2. The molecule has 1 aromatic heterocycles. The quantitative estimate of drug-likeness (QED) is 0.622. The number of aromatic amines is 1. The van der Waals surface area contributed by atoms with E-state index in [1.54, 1.807) is 0 Å². The molecule has 1 rings (SSSR count). The van der Waals surface area contributed by atoms with Crippen LogP contribution in [0, 0.1) is 5.95 Å². The van der Waals surface area contributed by atoms with Crippen molar-refractivity contribution in [1.82, 2.24) is 4.98 Å². The molecule has 0 aromatic carbocycles. The van der Waals surface area contributed by atoms with Gasteiger partial charge in [0.15, 0.2) is 5.95 Å². The van der Waals surface area contributed by atoms with E-state index in [9.17, 15) is 14.0 Å². The summed E-state index contributed by atoms with van der Waals surface area (Å²) in [5, 5.41) is 8.31. The Balaban J connectivity index is 3.01. The summed E-state index contributed by atoms with van der Waals surface area (Å²) in [6.07, 6.45) is -0.346. The number of carboxylic acid groups (broad SMARTS) is 1. The van der Waals surface area contributed by atoms with Gasteiger partial charge in [-0.2, -0.15) is 4.39 Å². The molecule has 0 saturated heterocycles. The van der Waals surface area contributed by atoms with Crippen LogP contribution in [-0.2, 0) is 11.2 Å². The van der Waals surface area contributed by atoms with Gasteiger partial charge in [-0.25, -0.2) is 0 Å². The van der Waals surface area contributed by atoms with Crippen LogP contribution in [-0.4, -0.2) is 16.1 Å². The van der Waals surface area contributed by atoms with E-state index in [4.69, 9.17) is 5.11 Å². The lowest BCUT2D eigenvalue weighted by atomic mass is 10.2. The number of aromatic nitrogens is 1. The average Bonchev–Trinajstić information content (AvgIpc) is 1.81. The smallest absolute Gasteiger partial charge is 0.307 e. The standard InChI is InChI=1S/C7H6FNO3/c8-5-1-4(3-7(11)12)2-6(10)9-5/h1-2H,3H2,(H,9,10)(H,11,12). The van der Waals surface area contributed by atoms with E-state index in [1.165, 1.54) is 0 Å². The summed E-state index contributed by atoms with van der Waals surface area (Å²) in [5.74, 6) is -1.92. The number of hydrogen-bond acceptors (Lipinski definition) is 2. The Morgan fingerprint density at radius 2 is 2.25 bits per heavy atom. The minimum absolute atomic E-state index is 0.156. The van der Waals surface area contributed by atoms with Crippen LogP contribution in [0.2, 0.25) is 0 Å². The first-order chi connectivity index (χ1) is 5.58. The molecule has 0 fully saturated rings. The SMILES string of the molecule is O=C(O)Cc1cc(F)[nH]c(=O)c1. The minimum atomic E-state index is -1.10. The molecule has 1 aromatic rings. The number of nitrogens with one attached hydrogen (secondary N) is 1. The predicted octanol–water partition coefficient (Wildman–Crippen LogP) is 0.141. The number of halogens is 1. The zero-order chi connectivity index (χ0) is 9.14. The molecule has 1 heterocycles. The van der Waals surface area contributed by atoms with Crippen LogP contribution in [0.5, 0.6) is 0 Å². The molecule has 5 heteroatoms. The summed E-state index contributed by atoms with van der Waals surface area (Å²) >= 11 is 0. The average molecular weight is 171 g/mol. The van der Waals surface area contributed by atoms with Gasteiger partial charge < -0.3 is 5.11 Å². The highest BCUT2D eigenvalue weighted by atomic mass is 19.1. The molecule has 0 aliphatic rings. The molecule has 0 spiro atoms. The van der Waals surface area contributed by atoms with E-state index in [1.807, 2.05) is 4.98 Å². The normalized spacial score (nSPS) is 9.75. The van der Waals surface area contributed by atoms with Crippen molar-refractivity contribution < 1.29 is 14.3 Å². The Morgan fingerprint density at radius 3 is 2.75 bits per heavy atom. The predicted molar refractivity (Wildman–Crippen MR) is 38.4 cm³/mol. The summed E-state index contributed by atoms with van der Waals surface area (Å²) in [6, 6.07) is 2.03. The second kappa shape index (κ2) is 3.17. The highest BCUT2D eigenvalue weighted by Crippen LogP contribution is 1.97. The van der Waals surface area contributed by atoms with Gasteiger partial charge in [0.1, 0.15) is 0 Å². The lowest BCUT2D eigenvalue weighted by Crippen LogP contribution is -2.10. The summed E-state index contributed by atoms with van der Waals surface area (Å²) in [5.41, 5.74) is -0.477. The maximum absolute atomic E-state index is 12.4. The fourth-order valence-corrected chi connectivity index (χ4v) is 0.839. The molecular weight excluding hydrogens is 165 g/mol. The minimum Gasteiger partial charge on any atom is -0.481 e. The third kappa shape index (κ3) is 2.19. The van der Waals surface area contributed by atoms with Crippen LogP contribution >= 0.6 is 0 Å². The zero-order valence-electron chi connectivity index (χ0n) is 6.00. The van der Waals surface area contributed by atoms with Crippen LogP contribution in [0.15, 0.2) is 16.9 Å². The molecule has 0 amide bonds. The van der Waals surface area contributed by atoms with E-state index in [2.05, 4.69) is 0 Å². The first-order valence-electron chi connectivity index (χ1n) is 3.18. The third-order valence-electron chi connectivity index (χ3n) is 1.23. The number of pyridine rings is 1. The van der Waals surface area contributed by atoms with Crippen molar-refractivity contribution in [2.45, 2.75) is 6.42 Å². The van der Waals surface area contributed by atoms with E-state index in [-0.39, 0.29) is 12.0 Å². The Bertz CT molecular complexity index is 358. The number of H-pyrrole nitrogens is 1. The van der Waals surface area contributed by atoms with Gasteiger partial charge in [-0.1, -0.05) is 0 Å². The lowest BCUT2D eigenvalue weighted by Gasteiger charge is -1.94. The van der Waals surface area contributed by atoms with Gasteiger partial charge >= 0.3 is 5.97 Å². The van der Waals surface area contributed by atoms with Gasteiger partial charge in [-0.15, -0.1) is 0 Å². The van der Waals surface area contributed by atoms with Crippen molar-refractivity contribution in [2.24, 2.45) is 0 Å². The van der Waals surface area contributed by atoms with Gasteiger partial charge in [0.25, 0.3) is 0 Å². The van der Waals surface area contributed by atoms with E-state index >= 15 is 0 Å². The molecule has 4 nitrogen and oxygen atoms in total. The molecule has 12 heavy (non-hydrogen) atoms. The van der Waals surface area contributed by atoms with Crippen molar-refractivity contribution in [1.29, 1.82) is 0 Å². The van der Waals surface area contributed by atoms with Crippen molar-refractivity contribution in [3.05, 3.63) is 34.0 Å². The zero-order valence-corrected chi connectivity index (χ0v) is 6.00. The lowest BCUT2D eigenvalue weighted by molar-refractivity contribution is -0.136. The fourth-order valence-electron chi connectivity index (χ4n) is 0.839. The van der Waals surface area contributed by atoms with Crippen LogP contribution in [0.25, 0.3) is 0 Å². The van der Waals surface area contributed by atoms with Crippen molar-refractivity contribution >= 4 is 5.97 Å². The molecule has 0 unspecified atom stereocenters. The summed E-state index contributed by atoms with van der Waals surface area (Å²) in [4.78, 5) is 22.6. The second-order valence-electron chi connectivity index (χ2n) is 2.27. The number of carboxylic acids is 1. The number of rotatable bonds is 2. The van der Waals surface area contributed by atoms with Crippen LogP contribution in [0.1, 0.15) is 5.56 Å². The number of aliphatic carboxylic acids is 1. The van der Waals surface area contributed by atoms with Gasteiger partial charge in [0, 0.05) is 6.07 Å². The fraction of sp³-hybridized carbons (Fsp3) is 0.143. The Kier molecular flexibility index (Phi) is 2.23. The topological polar surface area (TPSA) is 70.2 Å². The van der Waals surface area contributed by atoms with E-state index < -0.39 is 17.5 Å². The molecule has 0 aliphatic carbocycles. The number of carbonyl (C=O) groups is 1. The second-order valence-corrected chi connectivity index (χ2v) is 2.27. The van der Waals surface area contributed by atoms with Crippen LogP contribution in [0.4, 0.5) is 4.39 Å². The summed E-state index contributed by atoms with van der Waals surface area (Å²) in [7, 11) is 0. The third-order valence-corrected chi connectivity index (χ3v) is 1.23.